The summed E-state index contributed by atoms with van der Waals surface area (Å²) >= 11 is 0. The molecule has 0 saturated heterocycles. The summed E-state index contributed by atoms with van der Waals surface area (Å²) < 4.78 is 26.2. The van der Waals surface area contributed by atoms with Gasteiger partial charge in [-0.1, -0.05) is 32.4 Å². The van der Waals surface area contributed by atoms with Crippen molar-refractivity contribution in [3.8, 4) is 0 Å². The van der Waals surface area contributed by atoms with Crippen molar-refractivity contribution in [1.82, 2.24) is 4.72 Å². The maximum absolute atomic E-state index is 11.9. The van der Waals surface area contributed by atoms with Crippen molar-refractivity contribution >= 4 is 15.8 Å². The van der Waals surface area contributed by atoms with Crippen LogP contribution in [-0.4, -0.2) is 20.7 Å². The monoisotopic (exact) mass is 269 g/mol. The Bertz CT molecular complexity index is 491. The van der Waals surface area contributed by atoms with Gasteiger partial charge in [0.15, 0.2) is 5.78 Å². The first-order valence-corrected chi connectivity index (χ1v) is 7.62. The van der Waals surface area contributed by atoms with Crippen LogP contribution in [-0.2, 0) is 10.0 Å². The Kier molecular flexibility index (Phi) is 5.50. The summed E-state index contributed by atoms with van der Waals surface area (Å²) in [5.41, 5.74) is 0.546. The molecule has 1 aromatic carbocycles. The van der Waals surface area contributed by atoms with E-state index in [0.29, 0.717) is 18.5 Å². The second-order valence-corrected chi connectivity index (χ2v) is 5.82. The molecule has 0 radical (unpaired) electrons. The van der Waals surface area contributed by atoms with Gasteiger partial charge < -0.3 is 0 Å². The van der Waals surface area contributed by atoms with Crippen LogP contribution < -0.4 is 4.72 Å². The molecule has 5 heteroatoms. The summed E-state index contributed by atoms with van der Waals surface area (Å²) in [5, 5.41) is 0. The highest BCUT2D eigenvalue weighted by molar-refractivity contribution is 7.89. The van der Waals surface area contributed by atoms with Crippen LogP contribution in [0.2, 0.25) is 0 Å². The van der Waals surface area contributed by atoms with Crippen LogP contribution in [0.25, 0.3) is 0 Å². The number of ketones is 1. The van der Waals surface area contributed by atoms with Crippen LogP contribution >= 0.6 is 0 Å². The van der Waals surface area contributed by atoms with E-state index >= 15 is 0 Å². The van der Waals surface area contributed by atoms with Gasteiger partial charge in [-0.25, -0.2) is 13.1 Å². The minimum Gasteiger partial charge on any atom is -0.294 e. The first-order chi connectivity index (χ1) is 8.51. The lowest BCUT2D eigenvalue weighted by molar-refractivity contribution is 0.0988. The maximum atomic E-state index is 11.9. The average Bonchev–Trinajstić information content (AvgIpc) is 2.38. The van der Waals surface area contributed by atoms with E-state index < -0.39 is 10.0 Å². The van der Waals surface area contributed by atoms with Crippen LogP contribution in [0.1, 0.15) is 43.5 Å². The molecule has 0 atom stereocenters. The highest BCUT2D eigenvalue weighted by atomic mass is 32.2. The lowest BCUT2D eigenvalue weighted by Gasteiger charge is -2.06. The van der Waals surface area contributed by atoms with Crippen LogP contribution in [0.3, 0.4) is 0 Å². The standard InChI is InChI=1S/C13H19NO3S/c1-3-5-10-14-18(16,17)12-8-6-11(7-9-12)13(15)4-2/h6-9,14H,3-5,10H2,1-2H3. The zero-order valence-electron chi connectivity index (χ0n) is 10.8. The Morgan fingerprint density at radius 1 is 1.17 bits per heavy atom. The molecule has 1 rings (SSSR count). The molecule has 0 amide bonds. The van der Waals surface area contributed by atoms with E-state index in [-0.39, 0.29) is 10.7 Å². The third-order valence-electron chi connectivity index (χ3n) is 2.63. The molecule has 0 spiro atoms. The van der Waals surface area contributed by atoms with Gasteiger partial charge in [-0.05, 0) is 18.6 Å². The lowest BCUT2D eigenvalue weighted by atomic mass is 10.1. The van der Waals surface area contributed by atoms with Gasteiger partial charge in [0.05, 0.1) is 4.90 Å². The molecule has 0 heterocycles. The maximum Gasteiger partial charge on any atom is 0.240 e. The number of benzene rings is 1. The summed E-state index contributed by atoms with van der Waals surface area (Å²) in [6.07, 6.45) is 2.17. The number of carbonyl (C=O) groups excluding carboxylic acids is 1. The highest BCUT2D eigenvalue weighted by Gasteiger charge is 2.13. The van der Waals surface area contributed by atoms with Crippen molar-refractivity contribution in [2.75, 3.05) is 6.54 Å². The predicted octanol–water partition coefficient (Wildman–Crippen LogP) is 2.36. The molecule has 0 fully saturated rings. The van der Waals surface area contributed by atoms with E-state index in [2.05, 4.69) is 4.72 Å². The Labute approximate surface area is 108 Å². The Balaban J connectivity index is 2.81. The fraction of sp³-hybridized carbons (Fsp3) is 0.462. The van der Waals surface area contributed by atoms with Gasteiger partial charge in [-0.3, -0.25) is 4.79 Å². The first kappa shape index (κ1) is 14.9. The van der Waals surface area contributed by atoms with Crippen LogP contribution in [0, 0.1) is 0 Å². The lowest BCUT2D eigenvalue weighted by Crippen LogP contribution is -2.24. The number of nitrogens with one attached hydrogen (secondary N) is 1. The highest BCUT2D eigenvalue weighted by Crippen LogP contribution is 2.11. The molecular formula is C13H19NO3S. The Hall–Kier alpha value is -1.20. The normalized spacial score (nSPS) is 11.4. The summed E-state index contributed by atoms with van der Waals surface area (Å²) in [4.78, 5) is 11.6. The SMILES string of the molecule is CCCCNS(=O)(=O)c1ccc(C(=O)CC)cc1. The summed E-state index contributed by atoms with van der Waals surface area (Å²) in [7, 11) is -3.44. The van der Waals surface area contributed by atoms with Crippen LogP contribution in [0.15, 0.2) is 29.2 Å². The van der Waals surface area contributed by atoms with Gasteiger partial charge >= 0.3 is 0 Å². The number of carbonyl (C=O) groups is 1. The average molecular weight is 269 g/mol. The molecule has 0 aliphatic rings. The minimum absolute atomic E-state index is 0.0119. The molecular weight excluding hydrogens is 250 g/mol. The molecule has 0 aliphatic carbocycles. The van der Waals surface area contributed by atoms with E-state index in [4.69, 9.17) is 0 Å². The molecule has 0 aliphatic heterocycles. The fourth-order valence-electron chi connectivity index (χ4n) is 1.49. The Morgan fingerprint density at radius 2 is 1.78 bits per heavy atom. The zero-order valence-corrected chi connectivity index (χ0v) is 11.6. The molecule has 0 bridgehead atoms. The number of hydrogen-bond donors (Lipinski definition) is 1. The number of sulfonamides is 1. The summed E-state index contributed by atoms with van der Waals surface area (Å²) in [5.74, 6) is 0.0119. The minimum atomic E-state index is -3.44. The second kappa shape index (κ2) is 6.66. The van der Waals surface area contributed by atoms with Gasteiger partial charge in [-0.15, -0.1) is 0 Å². The van der Waals surface area contributed by atoms with Crippen molar-refractivity contribution < 1.29 is 13.2 Å². The molecule has 0 aromatic heterocycles. The second-order valence-electron chi connectivity index (χ2n) is 4.05. The third-order valence-corrected chi connectivity index (χ3v) is 4.11. The van der Waals surface area contributed by atoms with Crippen molar-refractivity contribution in [3.05, 3.63) is 29.8 Å². The molecule has 0 unspecified atom stereocenters. The van der Waals surface area contributed by atoms with Crippen molar-refractivity contribution in [2.45, 2.75) is 38.0 Å². The predicted molar refractivity (Wildman–Crippen MR) is 71.2 cm³/mol. The van der Waals surface area contributed by atoms with E-state index in [1.165, 1.54) is 12.1 Å². The first-order valence-electron chi connectivity index (χ1n) is 6.14. The summed E-state index contributed by atoms with van der Waals surface area (Å²) in [6, 6.07) is 6.05. The topological polar surface area (TPSA) is 63.2 Å². The largest absolute Gasteiger partial charge is 0.294 e. The Morgan fingerprint density at radius 3 is 2.28 bits per heavy atom. The van der Waals surface area contributed by atoms with Gasteiger partial charge in [-0.2, -0.15) is 0 Å². The van der Waals surface area contributed by atoms with Crippen molar-refractivity contribution in [2.24, 2.45) is 0 Å². The van der Waals surface area contributed by atoms with Gasteiger partial charge in [0.1, 0.15) is 0 Å². The molecule has 0 saturated carbocycles. The molecule has 100 valence electrons. The smallest absolute Gasteiger partial charge is 0.240 e. The van der Waals surface area contributed by atoms with E-state index in [0.717, 1.165) is 12.8 Å². The number of rotatable bonds is 7. The molecule has 18 heavy (non-hydrogen) atoms. The van der Waals surface area contributed by atoms with Gasteiger partial charge in [0.25, 0.3) is 0 Å². The van der Waals surface area contributed by atoms with Crippen LogP contribution in [0.4, 0.5) is 0 Å². The van der Waals surface area contributed by atoms with E-state index in [9.17, 15) is 13.2 Å². The fourth-order valence-corrected chi connectivity index (χ4v) is 2.56. The number of unbranched alkanes of at least 4 members (excludes halogenated alkanes) is 1. The van der Waals surface area contributed by atoms with Crippen molar-refractivity contribution in [3.63, 3.8) is 0 Å². The number of hydrogen-bond acceptors (Lipinski definition) is 3. The van der Waals surface area contributed by atoms with Crippen molar-refractivity contribution in [1.29, 1.82) is 0 Å². The third kappa shape index (κ3) is 3.92. The number of Topliss-reactive ketones (excluding diaryl/α,β-unsaturated/α-hetero) is 1. The van der Waals surface area contributed by atoms with Crippen LogP contribution in [0.5, 0.6) is 0 Å². The molecule has 1 N–H and O–H groups in total. The van der Waals surface area contributed by atoms with Gasteiger partial charge in [0.2, 0.25) is 10.0 Å². The van der Waals surface area contributed by atoms with Gasteiger partial charge in [0, 0.05) is 18.5 Å². The molecule has 4 nitrogen and oxygen atoms in total. The summed E-state index contributed by atoms with van der Waals surface area (Å²) in [6.45, 7) is 4.22. The quantitative estimate of drug-likeness (QED) is 0.610. The molecule has 1 aromatic rings. The zero-order chi connectivity index (χ0) is 13.6. The van der Waals surface area contributed by atoms with E-state index in [1.54, 1.807) is 19.1 Å². The van der Waals surface area contributed by atoms with E-state index in [1.807, 2.05) is 6.92 Å².